The number of hydrogen-bond acceptors (Lipinski definition) is 4. The summed E-state index contributed by atoms with van der Waals surface area (Å²) in [5.74, 6) is 0.733. The highest BCUT2D eigenvalue weighted by atomic mass is 32.1. The average Bonchev–Trinajstić information content (AvgIpc) is 3.03. The fourth-order valence-electron chi connectivity index (χ4n) is 2.55. The highest BCUT2D eigenvalue weighted by Crippen LogP contribution is 2.24. The standard InChI is InChI=1S/C16H19N3OS/c1-12-7-10-19(11-8-12)14-4-2-13(3-5-14)18-16(20)15-6-9-17-21-15/h2-6,9,12H,7-8,10-11H2,1H3,(H,18,20). The van der Waals surface area contributed by atoms with Crippen molar-refractivity contribution in [2.45, 2.75) is 19.8 Å². The number of carbonyl (C=O) groups is 1. The molecule has 1 aliphatic heterocycles. The number of hydrogen-bond donors (Lipinski definition) is 1. The first-order valence-electron chi connectivity index (χ1n) is 7.29. The molecule has 1 saturated heterocycles. The van der Waals surface area contributed by atoms with Gasteiger partial charge in [-0.1, -0.05) is 6.92 Å². The molecule has 1 aliphatic rings. The van der Waals surface area contributed by atoms with E-state index in [4.69, 9.17) is 0 Å². The zero-order chi connectivity index (χ0) is 14.7. The Balaban J connectivity index is 1.63. The molecule has 1 aromatic carbocycles. The van der Waals surface area contributed by atoms with Crippen LogP contribution in [0.4, 0.5) is 11.4 Å². The molecule has 0 radical (unpaired) electrons. The Bertz CT molecular complexity index is 586. The van der Waals surface area contributed by atoms with Crippen LogP contribution in [0.5, 0.6) is 0 Å². The van der Waals surface area contributed by atoms with Crippen molar-refractivity contribution in [3.05, 3.63) is 41.4 Å². The summed E-state index contributed by atoms with van der Waals surface area (Å²) in [5.41, 5.74) is 2.06. The minimum absolute atomic E-state index is 0.1000. The largest absolute Gasteiger partial charge is 0.372 e. The highest BCUT2D eigenvalue weighted by molar-refractivity contribution is 7.08. The van der Waals surface area contributed by atoms with Gasteiger partial charge < -0.3 is 10.2 Å². The number of aromatic nitrogens is 1. The lowest BCUT2D eigenvalue weighted by atomic mass is 9.99. The predicted octanol–water partition coefficient (Wildman–Crippen LogP) is 3.63. The van der Waals surface area contributed by atoms with Crippen LogP contribution in [0.25, 0.3) is 0 Å². The summed E-state index contributed by atoms with van der Waals surface area (Å²) in [7, 11) is 0. The monoisotopic (exact) mass is 301 g/mol. The molecule has 1 aromatic heterocycles. The van der Waals surface area contributed by atoms with E-state index in [1.54, 1.807) is 12.3 Å². The molecule has 0 atom stereocenters. The van der Waals surface area contributed by atoms with Gasteiger partial charge in [0.25, 0.3) is 5.91 Å². The van der Waals surface area contributed by atoms with Gasteiger partial charge in [-0.05, 0) is 60.6 Å². The van der Waals surface area contributed by atoms with Crippen molar-refractivity contribution >= 4 is 28.8 Å². The van der Waals surface area contributed by atoms with Crippen molar-refractivity contribution in [1.82, 2.24) is 4.37 Å². The van der Waals surface area contributed by atoms with Gasteiger partial charge in [0, 0.05) is 30.7 Å². The van der Waals surface area contributed by atoms with Crippen LogP contribution >= 0.6 is 11.5 Å². The fourth-order valence-corrected chi connectivity index (χ4v) is 3.04. The molecule has 0 bridgehead atoms. The van der Waals surface area contributed by atoms with Gasteiger partial charge >= 0.3 is 0 Å². The van der Waals surface area contributed by atoms with Crippen molar-refractivity contribution in [1.29, 1.82) is 0 Å². The van der Waals surface area contributed by atoms with Gasteiger partial charge in [-0.25, -0.2) is 4.37 Å². The molecule has 1 amide bonds. The molecule has 0 unspecified atom stereocenters. The number of nitrogens with one attached hydrogen (secondary N) is 1. The smallest absolute Gasteiger partial charge is 0.267 e. The van der Waals surface area contributed by atoms with E-state index in [2.05, 4.69) is 33.6 Å². The van der Waals surface area contributed by atoms with Gasteiger partial charge in [-0.15, -0.1) is 0 Å². The third-order valence-electron chi connectivity index (χ3n) is 3.94. The third kappa shape index (κ3) is 3.42. The Morgan fingerprint density at radius 2 is 1.95 bits per heavy atom. The second-order valence-corrected chi connectivity index (χ2v) is 6.38. The fraction of sp³-hybridized carbons (Fsp3) is 0.375. The normalized spacial score (nSPS) is 16.0. The maximum atomic E-state index is 11.9. The van der Waals surface area contributed by atoms with E-state index in [0.717, 1.165) is 24.7 Å². The molecule has 0 spiro atoms. The Morgan fingerprint density at radius 1 is 1.24 bits per heavy atom. The second kappa shape index (κ2) is 6.26. The molecule has 3 rings (SSSR count). The van der Waals surface area contributed by atoms with Gasteiger partial charge in [-0.3, -0.25) is 4.79 Å². The van der Waals surface area contributed by atoms with Gasteiger partial charge in [0.05, 0.1) is 0 Å². The van der Waals surface area contributed by atoms with Crippen molar-refractivity contribution in [2.24, 2.45) is 5.92 Å². The Kier molecular flexibility index (Phi) is 4.20. The van der Waals surface area contributed by atoms with E-state index < -0.39 is 0 Å². The molecule has 4 nitrogen and oxygen atoms in total. The molecule has 21 heavy (non-hydrogen) atoms. The summed E-state index contributed by atoms with van der Waals surface area (Å²) in [6, 6.07) is 9.82. The van der Waals surface area contributed by atoms with Crippen LogP contribution in [-0.4, -0.2) is 23.4 Å². The van der Waals surface area contributed by atoms with Gasteiger partial charge in [0.2, 0.25) is 0 Å². The summed E-state index contributed by atoms with van der Waals surface area (Å²) >= 11 is 1.21. The Hall–Kier alpha value is -1.88. The summed E-state index contributed by atoms with van der Waals surface area (Å²) < 4.78 is 3.94. The number of piperidine rings is 1. The number of carbonyl (C=O) groups excluding carboxylic acids is 1. The molecule has 2 heterocycles. The van der Waals surface area contributed by atoms with E-state index in [-0.39, 0.29) is 5.91 Å². The summed E-state index contributed by atoms with van der Waals surface area (Å²) in [4.78, 5) is 15.0. The van der Waals surface area contributed by atoms with Gasteiger partial charge in [-0.2, -0.15) is 0 Å². The average molecular weight is 301 g/mol. The molecule has 2 aromatic rings. The number of nitrogens with zero attached hydrogens (tertiary/aromatic N) is 2. The minimum Gasteiger partial charge on any atom is -0.372 e. The maximum absolute atomic E-state index is 11.9. The maximum Gasteiger partial charge on any atom is 0.267 e. The quantitative estimate of drug-likeness (QED) is 0.941. The Morgan fingerprint density at radius 3 is 2.57 bits per heavy atom. The van der Waals surface area contributed by atoms with E-state index in [0.29, 0.717) is 4.88 Å². The molecule has 0 aliphatic carbocycles. The Labute approximate surface area is 129 Å². The number of amides is 1. The SMILES string of the molecule is CC1CCN(c2ccc(NC(=O)c3ccns3)cc2)CC1. The summed E-state index contributed by atoms with van der Waals surface area (Å²) in [5, 5.41) is 2.89. The van der Waals surface area contributed by atoms with Crippen molar-refractivity contribution < 1.29 is 4.79 Å². The zero-order valence-corrected chi connectivity index (χ0v) is 12.9. The number of anilines is 2. The molecule has 0 saturated carbocycles. The number of benzene rings is 1. The molecule has 110 valence electrons. The third-order valence-corrected chi connectivity index (χ3v) is 4.68. The van der Waals surface area contributed by atoms with E-state index in [1.807, 2.05) is 12.1 Å². The molecule has 1 fully saturated rings. The van der Waals surface area contributed by atoms with Crippen LogP contribution < -0.4 is 10.2 Å². The first-order valence-corrected chi connectivity index (χ1v) is 8.07. The molecule has 5 heteroatoms. The van der Waals surface area contributed by atoms with Gasteiger partial charge in [0.1, 0.15) is 4.88 Å². The van der Waals surface area contributed by atoms with E-state index in [9.17, 15) is 4.79 Å². The lowest BCUT2D eigenvalue weighted by molar-refractivity contribution is 0.103. The van der Waals surface area contributed by atoms with Crippen molar-refractivity contribution in [3.63, 3.8) is 0 Å². The van der Waals surface area contributed by atoms with Crippen LogP contribution in [0.2, 0.25) is 0 Å². The first-order chi connectivity index (χ1) is 10.2. The predicted molar refractivity (Wildman–Crippen MR) is 87.1 cm³/mol. The highest BCUT2D eigenvalue weighted by Gasteiger charge is 2.16. The first kappa shape index (κ1) is 14.1. The van der Waals surface area contributed by atoms with E-state index >= 15 is 0 Å². The summed E-state index contributed by atoms with van der Waals surface area (Å²) in [6.45, 7) is 4.55. The van der Waals surface area contributed by atoms with Crippen LogP contribution in [0.1, 0.15) is 29.4 Å². The molecular weight excluding hydrogens is 282 g/mol. The zero-order valence-electron chi connectivity index (χ0n) is 12.1. The number of rotatable bonds is 3. The van der Waals surface area contributed by atoms with Gasteiger partial charge in [0.15, 0.2) is 0 Å². The van der Waals surface area contributed by atoms with Crippen LogP contribution in [0, 0.1) is 5.92 Å². The lowest BCUT2D eigenvalue weighted by Crippen LogP contribution is -2.32. The topological polar surface area (TPSA) is 45.2 Å². The summed E-state index contributed by atoms with van der Waals surface area (Å²) in [6.07, 6.45) is 4.15. The van der Waals surface area contributed by atoms with Crippen molar-refractivity contribution in [3.8, 4) is 0 Å². The lowest BCUT2D eigenvalue weighted by Gasteiger charge is -2.32. The minimum atomic E-state index is -0.1000. The molecular formula is C16H19N3OS. The second-order valence-electron chi connectivity index (χ2n) is 5.55. The van der Waals surface area contributed by atoms with Crippen LogP contribution in [-0.2, 0) is 0 Å². The van der Waals surface area contributed by atoms with Crippen molar-refractivity contribution in [2.75, 3.05) is 23.3 Å². The van der Waals surface area contributed by atoms with Crippen LogP contribution in [0.15, 0.2) is 36.5 Å². The van der Waals surface area contributed by atoms with Crippen LogP contribution in [0.3, 0.4) is 0 Å². The molecule has 1 N–H and O–H groups in total. The van der Waals surface area contributed by atoms with E-state index in [1.165, 1.54) is 30.1 Å².